The van der Waals surface area contributed by atoms with E-state index >= 15 is 0 Å². The Bertz CT molecular complexity index is 1410. The molecule has 0 atom stereocenters. The third kappa shape index (κ3) is 6.98. The topological polar surface area (TPSA) is 96.8 Å². The Labute approximate surface area is 226 Å². The molecule has 0 saturated carbocycles. The van der Waals surface area contributed by atoms with Gasteiger partial charge in [-0.2, -0.15) is 20.1 Å². The number of nitrogens with one attached hydrogen (secondary N) is 2. The summed E-state index contributed by atoms with van der Waals surface area (Å²) in [6.07, 6.45) is 5.06. The number of piperidine rings is 1. The summed E-state index contributed by atoms with van der Waals surface area (Å²) in [5, 5.41) is 7.58. The van der Waals surface area contributed by atoms with Crippen LogP contribution in [0.25, 0.3) is 0 Å². The number of aromatic nitrogens is 3. The first-order valence-electron chi connectivity index (χ1n) is 12.8. The van der Waals surface area contributed by atoms with E-state index in [1.807, 2.05) is 36.4 Å². The van der Waals surface area contributed by atoms with Crippen LogP contribution in [0.1, 0.15) is 30.4 Å². The van der Waals surface area contributed by atoms with Crippen molar-refractivity contribution in [3.8, 4) is 11.5 Å². The predicted molar refractivity (Wildman–Crippen MR) is 151 cm³/mol. The molecule has 0 unspecified atom stereocenters. The molecule has 5 rings (SSSR count). The zero-order chi connectivity index (χ0) is 26.9. The SMILES string of the molecule is COc1cc(/C=N\Nc2nc(Nc3ccccc3)nc(N3CCCCC3)n2)ccc1OCc1ccccc1F. The van der Waals surface area contributed by atoms with Crippen LogP contribution >= 0.6 is 0 Å². The maximum absolute atomic E-state index is 13.9. The largest absolute Gasteiger partial charge is 0.493 e. The molecular weight excluding hydrogens is 497 g/mol. The van der Waals surface area contributed by atoms with E-state index in [4.69, 9.17) is 9.47 Å². The maximum Gasteiger partial charge on any atom is 0.250 e. The van der Waals surface area contributed by atoms with E-state index in [9.17, 15) is 4.39 Å². The monoisotopic (exact) mass is 527 g/mol. The molecule has 4 aromatic rings. The van der Waals surface area contributed by atoms with Gasteiger partial charge in [0, 0.05) is 24.3 Å². The standard InChI is InChI=1S/C29H30FN7O2/c1-38-26-18-21(14-15-25(26)39-20-22-10-6-7-13-24(22)30)19-31-36-28-33-27(32-23-11-4-2-5-12-23)34-29(35-28)37-16-8-3-9-17-37/h2,4-7,10-15,18-19H,3,8-9,16-17,20H2,1H3,(H2,32,33,34,35,36)/b31-19-. The van der Waals surface area contributed by atoms with Crippen LogP contribution < -0.4 is 25.1 Å². The van der Waals surface area contributed by atoms with Crippen molar-refractivity contribution in [3.05, 3.63) is 89.7 Å². The molecule has 1 aliphatic heterocycles. The molecule has 2 N–H and O–H groups in total. The number of ether oxygens (including phenoxy) is 2. The lowest BCUT2D eigenvalue weighted by molar-refractivity contribution is 0.279. The molecule has 3 aromatic carbocycles. The highest BCUT2D eigenvalue weighted by molar-refractivity contribution is 5.81. The molecule has 1 saturated heterocycles. The molecule has 1 fully saturated rings. The van der Waals surface area contributed by atoms with Gasteiger partial charge in [-0.1, -0.05) is 36.4 Å². The number of halogens is 1. The molecule has 1 aromatic heterocycles. The Balaban J connectivity index is 1.29. The Morgan fingerprint density at radius 2 is 1.67 bits per heavy atom. The summed E-state index contributed by atoms with van der Waals surface area (Å²) in [4.78, 5) is 15.9. The molecule has 1 aliphatic rings. The van der Waals surface area contributed by atoms with Gasteiger partial charge in [-0.15, -0.1) is 0 Å². The summed E-state index contributed by atoms with van der Waals surface area (Å²) < 4.78 is 25.2. The number of para-hydroxylation sites is 1. The average Bonchev–Trinajstić information content (AvgIpc) is 2.98. The number of rotatable bonds is 10. The first-order chi connectivity index (χ1) is 19.2. The summed E-state index contributed by atoms with van der Waals surface area (Å²) in [5.74, 6) is 2.09. The molecule has 200 valence electrons. The maximum atomic E-state index is 13.9. The Morgan fingerprint density at radius 1 is 0.897 bits per heavy atom. The minimum Gasteiger partial charge on any atom is -0.493 e. The van der Waals surface area contributed by atoms with E-state index in [0.717, 1.165) is 37.2 Å². The Kier molecular flexibility index (Phi) is 8.42. The molecule has 0 radical (unpaired) electrons. The summed E-state index contributed by atoms with van der Waals surface area (Å²) in [6, 6.07) is 21.7. The van der Waals surface area contributed by atoms with Crippen molar-refractivity contribution in [3.63, 3.8) is 0 Å². The highest BCUT2D eigenvalue weighted by atomic mass is 19.1. The molecule has 9 nitrogen and oxygen atoms in total. The van der Waals surface area contributed by atoms with Crippen molar-refractivity contribution >= 4 is 29.7 Å². The van der Waals surface area contributed by atoms with E-state index in [0.29, 0.717) is 34.9 Å². The smallest absolute Gasteiger partial charge is 0.250 e. The van der Waals surface area contributed by atoms with Crippen LogP contribution in [0.2, 0.25) is 0 Å². The van der Waals surface area contributed by atoms with E-state index in [1.165, 1.54) is 12.5 Å². The molecule has 0 bridgehead atoms. The normalized spacial score (nSPS) is 13.3. The fourth-order valence-corrected chi connectivity index (χ4v) is 4.18. The van der Waals surface area contributed by atoms with Gasteiger partial charge >= 0.3 is 0 Å². The fourth-order valence-electron chi connectivity index (χ4n) is 4.18. The summed E-state index contributed by atoms with van der Waals surface area (Å²) in [7, 11) is 1.55. The number of anilines is 4. The zero-order valence-corrected chi connectivity index (χ0v) is 21.7. The quantitative estimate of drug-likeness (QED) is 0.198. The third-order valence-electron chi connectivity index (χ3n) is 6.20. The Hall–Kier alpha value is -4.73. The lowest BCUT2D eigenvalue weighted by Gasteiger charge is -2.26. The summed E-state index contributed by atoms with van der Waals surface area (Å²) in [5.41, 5.74) is 5.05. The molecular formula is C29H30FN7O2. The minimum atomic E-state index is -0.310. The average molecular weight is 528 g/mol. The van der Waals surface area contributed by atoms with Gasteiger partial charge in [0.15, 0.2) is 11.5 Å². The second kappa shape index (κ2) is 12.7. The third-order valence-corrected chi connectivity index (χ3v) is 6.20. The van der Waals surface area contributed by atoms with Crippen LogP contribution in [0.5, 0.6) is 11.5 Å². The van der Waals surface area contributed by atoms with Gasteiger partial charge in [-0.3, -0.25) is 0 Å². The summed E-state index contributed by atoms with van der Waals surface area (Å²) in [6.45, 7) is 1.90. The number of hydrogen-bond acceptors (Lipinski definition) is 9. The van der Waals surface area contributed by atoms with Crippen LogP contribution in [-0.4, -0.2) is 41.4 Å². The number of nitrogens with zero attached hydrogens (tertiary/aromatic N) is 5. The van der Waals surface area contributed by atoms with Crippen LogP contribution in [0, 0.1) is 5.82 Å². The molecule has 0 amide bonds. The van der Waals surface area contributed by atoms with Crippen molar-refractivity contribution in [1.29, 1.82) is 0 Å². The number of methoxy groups -OCH3 is 1. The van der Waals surface area contributed by atoms with Crippen LogP contribution in [-0.2, 0) is 6.61 Å². The molecule has 2 heterocycles. The Morgan fingerprint density at radius 3 is 2.46 bits per heavy atom. The first-order valence-corrected chi connectivity index (χ1v) is 12.8. The van der Waals surface area contributed by atoms with Gasteiger partial charge in [0.05, 0.1) is 13.3 Å². The van der Waals surface area contributed by atoms with Gasteiger partial charge in [-0.25, -0.2) is 9.82 Å². The predicted octanol–water partition coefficient (Wildman–Crippen LogP) is 5.78. The van der Waals surface area contributed by atoms with Crippen molar-refractivity contribution in [2.45, 2.75) is 25.9 Å². The minimum absolute atomic E-state index is 0.0934. The van der Waals surface area contributed by atoms with E-state index in [1.54, 1.807) is 43.7 Å². The van der Waals surface area contributed by atoms with Crippen molar-refractivity contribution in [2.24, 2.45) is 5.10 Å². The van der Waals surface area contributed by atoms with Crippen molar-refractivity contribution in [1.82, 2.24) is 15.0 Å². The van der Waals surface area contributed by atoms with Gasteiger partial charge < -0.3 is 19.7 Å². The van der Waals surface area contributed by atoms with Gasteiger partial charge in [-0.05, 0) is 61.2 Å². The van der Waals surface area contributed by atoms with Crippen molar-refractivity contribution < 1.29 is 13.9 Å². The van der Waals surface area contributed by atoms with E-state index in [2.05, 4.69) is 35.7 Å². The first kappa shape index (κ1) is 25.9. The van der Waals surface area contributed by atoms with E-state index in [-0.39, 0.29) is 12.4 Å². The molecule has 0 aliphatic carbocycles. The number of hydrogen-bond donors (Lipinski definition) is 2. The number of hydrazone groups is 1. The molecule has 10 heteroatoms. The van der Waals surface area contributed by atoms with Gasteiger partial charge in [0.25, 0.3) is 0 Å². The lowest BCUT2D eigenvalue weighted by atomic mass is 10.1. The fraction of sp³-hybridized carbons (Fsp3) is 0.241. The number of benzene rings is 3. The molecule has 0 spiro atoms. The second-order valence-electron chi connectivity index (χ2n) is 8.98. The lowest BCUT2D eigenvalue weighted by Crippen LogP contribution is -2.31. The highest BCUT2D eigenvalue weighted by Gasteiger charge is 2.16. The van der Waals surface area contributed by atoms with Crippen molar-refractivity contribution in [2.75, 3.05) is 35.8 Å². The van der Waals surface area contributed by atoms with Crippen LogP contribution in [0.4, 0.5) is 27.9 Å². The van der Waals surface area contributed by atoms with Gasteiger partial charge in [0.2, 0.25) is 17.8 Å². The summed E-state index contributed by atoms with van der Waals surface area (Å²) >= 11 is 0. The second-order valence-corrected chi connectivity index (χ2v) is 8.98. The highest BCUT2D eigenvalue weighted by Crippen LogP contribution is 2.29. The molecule has 39 heavy (non-hydrogen) atoms. The van der Waals surface area contributed by atoms with Gasteiger partial charge in [0.1, 0.15) is 12.4 Å². The van der Waals surface area contributed by atoms with Crippen LogP contribution in [0.3, 0.4) is 0 Å². The van der Waals surface area contributed by atoms with Crippen LogP contribution in [0.15, 0.2) is 77.9 Å². The van der Waals surface area contributed by atoms with E-state index < -0.39 is 0 Å². The zero-order valence-electron chi connectivity index (χ0n) is 21.7.